The van der Waals surface area contributed by atoms with E-state index in [1.54, 1.807) is 12.3 Å². The van der Waals surface area contributed by atoms with Crippen molar-refractivity contribution in [3.05, 3.63) is 78.1 Å². The van der Waals surface area contributed by atoms with E-state index in [0.29, 0.717) is 25.5 Å². The van der Waals surface area contributed by atoms with Crippen molar-refractivity contribution in [2.24, 2.45) is 0 Å². The summed E-state index contributed by atoms with van der Waals surface area (Å²) >= 11 is 0. The van der Waals surface area contributed by atoms with Gasteiger partial charge in [0, 0.05) is 18.3 Å². The lowest BCUT2D eigenvalue weighted by atomic mass is 10.1. The fourth-order valence-electron chi connectivity index (χ4n) is 2.95. The van der Waals surface area contributed by atoms with Crippen LogP contribution in [0.3, 0.4) is 0 Å². The van der Waals surface area contributed by atoms with Gasteiger partial charge in [-0.25, -0.2) is 4.98 Å². The highest BCUT2D eigenvalue weighted by atomic mass is 16.6. The number of amides is 1. The number of anilines is 2. The number of ether oxygens (including phenoxy) is 2. The van der Waals surface area contributed by atoms with Crippen LogP contribution >= 0.6 is 0 Å². The van der Waals surface area contributed by atoms with Gasteiger partial charge in [0.1, 0.15) is 18.9 Å². The topological polar surface area (TPSA) is 72.5 Å². The summed E-state index contributed by atoms with van der Waals surface area (Å²) in [6.07, 6.45) is 2.43. The van der Waals surface area contributed by atoms with Crippen LogP contribution in [0.4, 0.5) is 11.4 Å². The second kappa shape index (κ2) is 8.43. The van der Waals surface area contributed by atoms with E-state index < -0.39 is 0 Å². The highest BCUT2D eigenvalue weighted by molar-refractivity contribution is 5.92. The Labute approximate surface area is 163 Å². The molecule has 2 aromatic carbocycles. The lowest BCUT2D eigenvalue weighted by Crippen LogP contribution is -2.26. The zero-order valence-corrected chi connectivity index (χ0v) is 15.4. The van der Waals surface area contributed by atoms with Gasteiger partial charge in [-0.2, -0.15) is 0 Å². The molecular formula is C22H21N3O3. The van der Waals surface area contributed by atoms with Gasteiger partial charge in [0.25, 0.3) is 5.91 Å². The molecule has 6 heteroatoms. The van der Waals surface area contributed by atoms with Gasteiger partial charge in [-0.1, -0.05) is 30.3 Å². The average molecular weight is 375 g/mol. The minimum Gasteiger partial charge on any atom is -0.486 e. The largest absolute Gasteiger partial charge is 0.486 e. The first-order valence-electron chi connectivity index (χ1n) is 9.23. The lowest BCUT2D eigenvalue weighted by Gasteiger charge is -2.19. The van der Waals surface area contributed by atoms with E-state index in [9.17, 15) is 4.79 Å². The Bertz CT molecular complexity index is 943. The average Bonchev–Trinajstić information content (AvgIpc) is 2.75. The van der Waals surface area contributed by atoms with Crippen molar-refractivity contribution in [3.63, 3.8) is 0 Å². The van der Waals surface area contributed by atoms with Gasteiger partial charge in [-0.3, -0.25) is 4.79 Å². The quantitative estimate of drug-likeness (QED) is 0.689. The van der Waals surface area contributed by atoms with Gasteiger partial charge < -0.3 is 20.1 Å². The molecule has 0 bridgehead atoms. The van der Waals surface area contributed by atoms with Gasteiger partial charge >= 0.3 is 0 Å². The molecule has 142 valence electrons. The summed E-state index contributed by atoms with van der Waals surface area (Å²) < 4.78 is 11.1. The zero-order valence-electron chi connectivity index (χ0n) is 15.4. The Morgan fingerprint density at radius 2 is 1.71 bits per heavy atom. The summed E-state index contributed by atoms with van der Waals surface area (Å²) in [7, 11) is 0. The van der Waals surface area contributed by atoms with Crippen LogP contribution in [0.5, 0.6) is 11.5 Å². The third-order valence-electron chi connectivity index (χ3n) is 4.37. The summed E-state index contributed by atoms with van der Waals surface area (Å²) in [6.45, 7) is 1.69. The molecule has 1 aliphatic rings. The number of pyridine rings is 1. The molecule has 0 unspecified atom stereocenters. The number of aromatic nitrogens is 1. The smallest absolute Gasteiger partial charge is 0.269 e. The van der Waals surface area contributed by atoms with Gasteiger partial charge in [0.2, 0.25) is 0 Å². The van der Waals surface area contributed by atoms with E-state index in [0.717, 1.165) is 29.3 Å². The van der Waals surface area contributed by atoms with Gasteiger partial charge in [-0.15, -0.1) is 0 Å². The fourth-order valence-corrected chi connectivity index (χ4v) is 2.95. The SMILES string of the molecule is O=C(NCCc1ccccc1)c1ccc(Nc2ccc3c(c2)OCCO3)cn1. The number of carbonyl (C=O) groups is 1. The fraction of sp³-hybridized carbons (Fsp3) is 0.182. The summed E-state index contributed by atoms with van der Waals surface area (Å²) in [5, 5.41) is 6.15. The molecule has 0 spiro atoms. The Balaban J connectivity index is 1.32. The number of carbonyl (C=O) groups excluding carboxylic acids is 1. The molecule has 0 fully saturated rings. The molecule has 3 aromatic rings. The molecule has 2 N–H and O–H groups in total. The Kier molecular flexibility index (Phi) is 5.38. The van der Waals surface area contributed by atoms with E-state index in [1.165, 1.54) is 5.56 Å². The number of hydrogen-bond acceptors (Lipinski definition) is 5. The number of nitrogens with one attached hydrogen (secondary N) is 2. The minimum atomic E-state index is -0.179. The van der Waals surface area contributed by atoms with E-state index in [1.807, 2.05) is 54.6 Å². The molecule has 2 heterocycles. The number of hydrogen-bond donors (Lipinski definition) is 2. The summed E-state index contributed by atoms with van der Waals surface area (Å²) in [5.41, 5.74) is 3.24. The van der Waals surface area contributed by atoms with E-state index >= 15 is 0 Å². The van der Waals surface area contributed by atoms with Gasteiger partial charge in [-0.05, 0) is 36.2 Å². The zero-order chi connectivity index (χ0) is 19.2. The number of rotatable bonds is 6. The second-order valence-corrected chi connectivity index (χ2v) is 6.41. The van der Waals surface area contributed by atoms with Crippen LogP contribution in [0.25, 0.3) is 0 Å². The molecule has 0 radical (unpaired) electrons. The van der Waals surface area contributed by atoms with Crippen LogP contribution in [0.1, 0.15) is 16.1 Å². The highest BCUT2D eigenvalue weighted by Gasteiger charge is 2.12. The predicted molar refractivity (Wildman–Crippen MR) is 107 cm³/mol. The maximum Gasteiger partial charge on any atom is 0.269 e. The molecular weight excluding hydrogens is 354 g/mol. The Morgan fingerprint density at radius 3 is 2.50 bits per heavy atom. The third kappa shape index (κ3) is 4.40. The van der Waals surface area contributed by atoms with Crippen LogP contribution in [0, 0.1) is 0 Å². The molecule has 0 atom stereocenters. The summed E-state index contributed by atoms with van der Waals surface area (Å²) in [4.78, 5) is 16.5. The predicted octanol–water partition coefficient (Wildman–Crippen LogP) is 3.57. The molecule has 28 heavy (non-hydrogen) atoms. The van der Waals surface area contributed by atoms with E-state index in [4.69, 9.17) is 9.47 Å². The molecule has 1 aliphatic heterocycles. The number of nitrogens with zero attached hydrogens (tertiary/aromatic N) is 1. The first kappa shape index (κ1) is 17.9. The van der Waals surface area contributed by atoms with E-state index in [2.05, 4.69) is 15.6 Å². The maximum absolute atomic E-state index is 12.2. The second-order valence-electron chi connectivity index (χ2n) is 6.41. The van der Waals surface area contributed by atoms with Crippen LogP contribution in [0.2, 0.25) is 0 Å². The molecule has 6 nitrogen and oxygen atoms in total. The first-order valence-corrected chi connectivity index (χ1v) is 9.23. The van der Waals surface area contributed by atoms with Crippen molar-refractivity contribution >= 4 is 17.3 Å². The molecule has 1 aromatic heterocycles. The molecule has 0 aliphatic carbocycles. The van der Waals surface area contributed by atoms with Crippen LogP contribution in [0.15, 0.2) is 66.9 Å². The van der Waals surface area contributed by atoms with Gasteiger partial charge in [0.05, 0.1) is 11.9 Å². The van der Waals surface area contributed by atoms with Crippen molar-refractivity contribution in [2.75, 3.05) is 25.1 Å². The molecule has 4 rings (SSSR count). The van der Waals surface area contributed by atoms with Crippen LogP contribution in [-0.4, -0.2) is 30.6 Å². The Hall–Kier alpha value is -3.54. The van der Waals surface area contributed by atoms with Crippen molar-refractivity contribution < 1.29 is 14.3 Å². The lowest BCUT2D eigenvalue weighted by molar-refractivity contribution is 0.0949. The molecule has 0 saturated heterocycles. The summed E-state index contributed by atoms with van der Waals surface area (Å²) in [5.74, 6) is 1.29. The molecule has 1 amide bonds. The highest BCUT2D eigenvalue weighted by Crippen LogP contribution is 2.33. The summed E-state index contributed by atoms with van der Waals surface area (Å²) in [6, 6.07) is 19.3. The number of fused-ring (bicyclic) bond motifs is 1. The first-order chi connectivity index (χ1) is 13.8. The van der Waals surface area contributed by atoms with Crippen molar-refractivity contribution in [1.29, 1.82) is 0 Å². The van der Waals surface area contributed by atoms with Crippen molar-refractivity contribution in [2.45, 2.75) is 6.42 Å². The maximum atomic E-state index is 12.2. The Morgan fingerprint density at radius 1 is 0.929 bits per heavy atom. The minimum absolute atomic E-state index is 0.179. The molecule has 0 saturated carbocycles. The van der Waals surface area contributed by atoms with Crippen LogP contribution < -0.4 is 20.1 Å². The normalized spacial score (nSPS) is 12.3. The standard InChI is InChI=1S/C22H21N3O3/c26-22(23-11-10-16-4-2-1-3-5-16)19-8-6-18(15-24-19)25-17-7-9-20-21(14-17)28-13-12-27-20/h1-9,14-15,25H,10-13H2,(H,23,26). The van der Waals surface area contributed by atoms with Gasteiger partial charge in [0.15, 0.2) is 11.5 Å². The van der Waals surface area contributed by atoms with Crippen molar-refractivity contribution in [3.8, 4) is 11.5 Å². The number of benzene rings is 2. The van der Waals surface area contributed by atoms with E-state index in [-0.39, 0.29) is 5.91 Å². The monoisotopic (exact) mass is 375 g/mol. The van der Waals surface area contributed by atoms with Crippen molar-refractivity contribution in [1.82, 2.24) is 10.3 Å². The third-order valence-corrected chi connectivity index (χ3v) is 4.37. The van der Waals surface area contributed by atoms with Crippen LogP contribution in [-0.2, 0) is 6.42 Å².